The van der Waals surface area contributed by atoms with Crippen LogP contribution in [-0.2, 0) is 23.9 Å². The Hall–Kier alpha value is -2.24. The first-order valence-corrected chi connectivity index (χ1v) is 4.42. The Bertz CT molecular complexity index is 304. The Morgan fingerprint density at radius 3 is 1.16 bits per heavy atom. The summed E-state index contributed by atoms with van der Waals surface area (Å²) in [5.74, 6) is -5.88. The van der Waals surface area contributed by atoms with Gasteiger partial charge in [-0.05, 0) is 0 Å². The minimum atomic E-state index is -2.27. The van der Waals surface area contributed by atoms with Gasteiger partial charge in [0.2, 0.25) is 0 Å². The number of aliphatic hydroxyl groups excluding tert-OH is 2. The molecule has 0 saturated carbocycles. The zero-order chi connectivity index (χ0) is 15.6. The lowest BCUT2D eigenvalue weighted by atomic mass is 10.2. The van der Waals surface area contributed by atoms with Crippen LogP contribution in [0.15, 0.2) is 0 Å². The Labute approximate surface area is 105 Å². The molecule has 0 rings (SSSR count). The third kappa shape index (κ3) is 12.0. The van der Waals surface area contributed by atoms with Gasteiger partial charge in [-0.1, -0.05) is 0 Å². The molecular weight excluding hydrogens is 272 g/mol. The van der Waals surface area contributed by atoms with Gasteiger partial charge in [-0.2, -0.15) is 0 Å². The summed E-state index contributed by atoms with van der Waals surface area (Å²) in [5, 5.41) is 48.3. The molecule has 0 aliphatic rings. The van der Waals surface area contributed by atoms with Gasteiger partial charge >= 0.3 is 23.9 Å². The Morgan fingerprint density at radius 2 is 1.00 bits per heavy atom. The van der Waals surface area contributed by atoms with Gasteiger partial charge in [0.05, 0.1) is 0 Å². The Morgan fingerprint density at radius 1 is 0.737 bits per heavy atom. The van der Waals surface area contributed by atoms with Crippen molar-refractivity contribution in [3.8, 4) is 0 Å². The average molecular weight is 284 g/mol. The minimum absolute atomic E-state index is 0.563. The van der Waals surface area contributed by atoms with Gasteiger partial charge in [0.25, 0.3) is 0 Å². The van der Waals surface area contributed by atoms with Crippen molar-refractivity contribution < 1.29 is 54.6 Å². The third-order valence-electron chi connectivity index (χ3n) is 1.26. The van der Waals surface area contributed by atoms with Crippen LogP contribution in [0.3, 0.4) is 0 Å². The number of ether oxygens (including phenoxy) is 1. The molecule has 0 aromatic rings. The van der Waals surface area contributed by atoms with Crippen LogP contribution in [0.4, 0.5) is 0 Å². The highest BCUT2D eigenvalue weighted by Gasteiger charge is 2.29. The van der Waals surface area contributed by atoms with Gasteiger partial charge in [-0.3, -0.25) is 0 Å². The van der Waals surface area contributed by atoms with E-state index in [2.05, 4.69) is 4.74 Å². The summed E-state index contributed by atoms with van der Waals surface area (Å²) in [5.41, 5.74) is 0. The quantitative estimate of drug-likeness (QED) is 0.279. The molecule has 0 aliphatic carbocycles. The normalized spacial score (nSPS) is 12.5. The molecule has 2 atom stereocenters. The van der Waals surface area contributed by atoms with Crippen molar-refractivity contribution in [2.75, 3.05) is 13.2 Å². The van der Waals surface area contributed by atoms with E-state index in [1.807, 2.05) is 0 Å². The van der Waals surface area contributed by atoms with Crippen molar-refractivity contribution in [3.63, 3.8) is 0 Å². The van der Waals surface area contributed by atoms with Crippen molar-refractivity contribution >= 4 is 23.9 Å². The molecule has 0 saturated heterocycles. The van der Waals surface area contributed by atoms with Crippen molar-refractivity contribution in [1.82, 2.24) is 0 Å². The molecule has 11 heteroatoms. The highest BCUT2D eigenvalue weighted by molar-refractivity contribution is 5.83. The van der Waals surface area contributed by atoms with Crippen molar-refractivity contribution in [2.45, 2.75) is 12.2 Å². The molecule has 0 heterocycles. The number of carboxylic acid groups (broad SMARTS) is 4. The Balaban J connectivity index is 0. The first kappa shape index (κ1) is 19.1. The molecule has 0 bridgehead atoms. The lowest BCUT2D eigenvalue weighted by molar-refractivity contribution is -0.165. The molecule has 19 heavy (non-hydrogen) atoms. The van der Waals surface area contributed by atoms with Gasteiger partial charge in [0, 0.05) is 0 Å². The summed E-state index contributed by atoms with van der Waals surface area (Å²) in [4.78, 5) is 38.9. The Kier molecular flexibility index (Phi) is 9.81. The highest BCUT2D eigenvalue weighted by atomic mass is 16.5. The second-order valence-corrected chi connectivity index (χ2v) is 2.85. The van der Waals surface area contributed by atoms with Gasteiger partial charge < -0.3 is 35.4 Å². The fraction of sp³-hybridized carbons (Fsp3) is 0.500. The number of rotatable bonds is 7. The van der Waals surface area contributed by atoms with E-state index in [1.165, 1.54) is 0 Å². The molecule has 2 unspecified atom stereocenters. The van der Waals surface area contributed by atoms with E-state index in [1.54, 1.807) is 0 Å². The molecule has 0 spiro atoms. The fourth-order valence-electron chi connectivity index (χ4n) is 0.496. The summed E-state index contributed by atoms with van der Waals surface area (Å²) in [6.07, 6.45) is -4.53. The molecular formula is C8H12O11. The monoisotopic (exact) mass is 284 g/mol. The van der Waals surface area contributed by atoms with Crippen LogP contribution in [-0.4, -0.2) is 79.9 Å². The molecule has 0 aliphatic heterocycles. The molecule has 0 radical (unpaired) electrons. The zero-order valence-corrected chi connectivity index (χ0v) is 9.29. The van der Waals surface area contributed by atoms with Crippen LogP contribution in [0, 0.1) is 0 Å². The van der Waals surface area contributed by atoms with Crippen molar-refractivity contribution in [3.05, 3.63) is 0 Å². The van der Waals surface area contributed by atoms with Gasteiger partial charge in [-0.25, -0.2) is 19.2 Å². The van der Waals surface area contributed by atoms with Crippen LogP contribution in [0.1, 0.15) is 0 Å². The van der Waals surface area contributed by atoms with Crippen molar-refractivity contribution in [2.24, 2.45) is 0 Å². The first-order valence-electron chi connectivity index (χ1n) is 4.42. The maximum absolute atomic E-state index is 9.77. The summed E-state index contributed by atoms with van der Waals surface area (Å²) < 4.78 is 4.16. The lowest BCUT2D eigenvalue weighted by Crippen LogP contribution is -2.39. The van der Waals surface area contributed by atoms with Crippen molar-refractivity contribution in [1.29, 1.82) is 0 Å². The maximum Gasteiger partial charge on any atom is 0.335 e. The molecule has 0 fully saturated rings. The molecule has 0 aromatic carbocycles. The SMILES string of the molecule is O=C(O)C(O)C(O)C(=O)O.O=C(O)COCC(=O)O. The minimum Gasteiger partial charge on any atom is -0.480 e. The summed E-state index contributed by atoms with van der Waals surface area (Å²) in [6, 6.07) is 0. The molecule has 0 amide bonds. The van der Waals surface area contributed by atoms with E-state index in [4.69, 9.17) is 30.6 Å². The predicted octanol–water partition coefficient (Wildman–Crippen LogP) is -2.95. The average Bonchev–Trinajstić information content (AvgIpc) is 2.26. The van der Waals surface area contributed by atoms with E-state index < -0.39 is 49.3 Å². The zero-order valence-electron chi connectivity index (χ0n) is 9.29. The highest BCUT2D eigenvalue weighted by Crippen LogP contribution is 1.92. The van der Waals surface area contributed by atoms with E-state index in [9.17, 15) is 19.2 Å². The van der Waals surface area contributed by atoms with Gasteiger partial charge in [-0.15, -0.1) is 0 Å². The third-order valence-corrected chi connectivity index (χ3v) is 1.26. The second-order valence-electron chi connectivity index (χ2n) is 2.85. The number of aliphatic hydroxyl groups is 2. The number of hydrogen-bond donors (Lipinski definition) is 6. The standard InChI is InChI=1S/C4H6O6.C4H6O5/c5-1(3(7)8)2(6)4(9)10;5-3(6)1-9-2-4(7)8/h1-2,5-6H,(H,7,8)(H,9,10);1-2H2,(H,5,6)(H,7,8). The number of carbonyl (C=O) groups is 4. The van der Waals surface area contributed by atoms with E-state index in [0.717, 1.165) is 0 Å². The maximum atomic E-state index is 9.77. The van der Waals surface area contributed by atoms with Crippen LogP contribution < -0.4 is 0 Å². The summed E-state index contributed by atoms with van der Waals surface area (Å²) in [7, 11) is 0. The topological polar surface area (TPSA) is 199 Å². The predicted molar refractivity (Wildman–Crippen MR) is 53.4 cm³/mol. The van der Waals surface area contributed by atoms with Crippen LogP contribution >= 0.6 is 0 Å². The van der Waals surface area contributed by atoms with Crippen LogP contribution in [0.2, 0.25) is 0 Å². The molecule has 110 valence electrons. The summed E-state index contributed by atoms with van der Waals surface area (Å²) >= 11 is 0. The first-order chi connectivity index (χ1) is 8.59. The van der Waals surface area contributed by atoms with E-state index in [-0.39, 0.29) is 0 Å². The van der Waals surface area contributed by atoms with E-state index >= 15 is 0 Å². The smallest absolute Gasteiger partial charge is 0.335 e. The van der Waals surface area contributed by atoms with Gasteiger partial charge in [0.1, 0.15) is 13.2 Å². The number of carboxylic acids is 4. The van der Waals surface area contributed by atoms with Gasteiger partial charge in [0.15, 0.2) is 12.2 Å². The molecule has 11 nitrogen and oxygen atoms in total. The number of aliphatic carboxylic acids is 4. The van der Waals surface area contributed by atoms with E-state index in [0.29, 0.717) is 0 Å². The largest absolute Gasteiger partial charge is 0.480 e. The molecule has 6 N–H and O–H groups in total. The molecule has 0 aromatic heterocycles. The number of hydrogen-bond acceptors (Lipinski definition) is 7. The lowest BCUT2D eigenvalue weighted by Gasteiger charge is -2.07. The van der Waals surface area contributed by atoms with Crippen LogP contribution in [0.25, 0.3) is 0 Å². The summed E-state index contributed by atoms with van der Waals surface area (Å²) in [6.45, 7) is -1.13. The second kappa shape index (κ2) is 9.76. The van der Waals surface area contributed by atoms with Crippen LogP contribution in [0.5, 0.6) is 0 Å². The fourth-order valence-corrected chi connectivity index (χ4v) is 0.496.